The average Bonchev–Trinajstić information content (AvgIpc) is 2.68. The standard InChI is InChI=1S/C18H18N2OS2/c1-13-16(22-14-8-4-2-5-9-14)12-17(20-18(21)19-13)23-15-10-6-3-7-11-15/h2-11,17H,12H2,1H3,(H2,19,20,21). The maximum atomic E-state index is 12.0. The Labute approximate surface area is 144 Å². The van der Waals surface area contributed by atoms with Crippen molar-refractivity contribution in [2.45, 2.75) is 28.5 Å². The molecule has 3 rings (SSSR count). The number of benzene rings is 2. The van der Waals surface area contributed by atoms with Crippen LogP contribution in [0, 0.1) is 0 Å². The minimum Gasteiger partial charge on any atom is -0.325 e. The van der Waals surface area contributed by atoms with Gasteiger partial charge in [-0.1, -0.05) is 48.2 Å². The molecule has 1 aliphatic rings. The number of rotatable bonds is 4. The summed E-state index contributed by atoms with van der Waals surface area (Å²) in [5.41, 5.74) is 0.924. The highest BCUT2D eigenvalue weighted by atomic mass is 32.2. The molecule has 2 N–H and O–H groups in total. The molecule has 0 saturated heterocycles. The molecule has 0 saturated carbocycles. The minimum atomic E-state index is -0.139. The van der Waals surface area contributed by atoms with E-state index < -0.39 is 0 Å². The Morgan fingerprint density at radius 3 is 2.22 bits per heavy atom. The molecular weight excluding hydrogens is 324 g/mol. The second-order valence-electron chi connectivity index (χ2n) is 5.19. The third-order valence-electron chi connectivity index (χ3n) is 3.39. The summed E-state index contributed by atoms with van der Waals surface area (Å²) < 4.78 is 0. The third-order valence-corrected chi connectivity index (χ3v) is 5.73. The van der Waals surface area contributed by atoms with E-state index in [-0.39, 0.29) is 11.4 Å². The number of thioether (sulfide) groups is 2. The molecule has 1 heterocycles. The van der Waals surface area contributed by atoms with Gasteiger partial charge in [-0.15, -0.1) is 11.8 Å². The Morgan fingerprint density at radius 1 is 0.957 bits per heavy atom. The zero-order valence-corrected chi connectivity index (χ0v) is 14.4. The number of carbonyl (C=O) groups is 1. The van der Waals surface area contributed by atoms with Crippen LogP contribution in [0.15, 0.2) is 81.1 Å². The van der Waals surface area contributed by atoms with Gasteiger partial charge in [0.1, 0.15) is 0 Å². The van der Waals surface area contributed by atoms with Crippen molar-refractivity contribution in [2.24, 2.45) is 0 Å². The SMILES string of the molecule is CC1=C(Sc2ccccc2)CC(Sc2ccccc2)NC(=O)N1. The van der Waals surface area contributed by atoms with E-state index in [2.05, 4.69) is 34.9 Å². The Bertz CT molecular complexity index is 701. The Hall–Kier alpha value is -1.85. The van der Waals surface area contributed by atoms with Gasteiger partial charge in [0, 0.05) is 26.8 Å². The first-order chi connectivity index (χ1) is 11.2. The van der Waals surface area contributed by atoms with Gasteiger partial charge in [-0.3, -0.25) is 0 Å². The van der Waals surface area contributed by atoms with Crippen molar-refractivity contribution in [3.05, 3.63) is 71.3 Å². The smallest absolute Gasteiger partial charge is 0.319 e. The van der Waals surface area contributed by atoms with Gasteiger partial charge in [0.05, 0.1) is 5.37 Å². The van der Waals surface area contributed by atoms with Gasteiger partial charge < -0.3 is 10.6 Å². The average molecular weight is 342 g/mol. The molecule has 0 fully saturated rings. The fourth-order valence-corrected chi connectivity index (χ4v) is 4.47. The lowest BCUT2D eigenvalue weighted by molar-refractivity contribution is 0.243. The van der Waals surface area contributed by atoms with Gasteiger partial charge >= 0.3 is 6.03 Å². The summed E-state index contributed by atoms with van der Waals surface area (Å²) in [5.74, 6) is 0. The lowest BCUT2D eigenvalue weighted by Gasteiger charge is -2.16. The summed E-state index contributed by atoms with van der Waals surface area (Å²) in [4.78, 5) is 15.5. The first kappa shape index (κ1) is 16.0. The number of carbonyl (C=O) groups excluding carboxylic acids is 1. The lowest BCUT2D eigenvalue weighted by atomic mass is 10.3. The van der Waals surface area contributed by atoms with Crippen LogP contribution in [0.2, 0.25) is 0 Å². The number of amides is 2. The molecule has 0 spiro atoms. The molecule has 1 unspecified atom stereocenters. The second-order valence-corrected chi connectivity index (χ2v) is 7.63. The predicted molar refractivity (Wildman–Crippen MR) is 97.4 cm³/mol. The first-order valence-corrected chi connectivity index (χ1v) is 9.12. The predicted octanol–water partition coefficient (Wildman–Crippen LogP) is 4.83. The third kappa shape index (κ3) is 4.56. The van der Waals surface area contributed by atoms with E-state index in [1.807, 2.05) is 43.3 Å². The van der Waals surface area contributed by atoms with Crippen molar-refractivity contribution >= 4 is 29.6 Å². The zero-order chi connectivity index (χ0) is 16.1. The topological polar surface area (TPSA) is 41.1 Å². The summed E-state index contributed by atoms with van der Waals surface area (Å²) >= 11 is 3.39. The Morgan fingerprint density at radius 2 is 1.57 bits per heavy atom. The van der Waals surface area contributed by atoms with Gasteiger partial charge in [-0.2, -0.15) is 0 Å². The van der Waals surface area contributed by atoms with E-state index in [9.17, 15) is 4.79 Å². The van der Waals surface area contributed by atoms with Gasteiger partial charge in [0.2, 0.25) is 0 Å². The summed E-state index contributed by atoms with van der Waals surface area (Å²) in [5, 5.41) is 5.97. The monoisotopic (exact) mass is 342 g/mol. The fourth-order valence-electron chi connectivity index (χ4n) is 2.28. The number of allylic oxidation sites excluding steroid dienone is 1. The van der Waals surface area contributed by atoms with Crippen LogP contribution in [0.3, 0.4) is 0 Å². The molecule has 2 aromatic carbocycles. The lowest BCUT2D eigenvalue weighted by Crippen LogP contribution is -2.37. The molecule has 23 heavy (non-hydrogen) atoms. The van der Waals surface area contributed by atoms with E-state index in [4.69, 9.17) is 0 Å². The maximum Gasteiger partial charge on any atom is 0.319 e. The van der Waals surface area contributed by atoms with Gasteiger partial charge in [0.15, 0.2) is 0 Å². The van der Waals surface area contributed by atoms with Crippen LogP contribution >= 0.6 is 23.5 Å². The van der Waals surface area contributed by atoms with Crippen LogP contribution in [0.4, 0.5) is 4.79 Å². The van der Waals surface area contributed by atoms with Gasteiger partial charge in [-0.05, 0) is 31.2 Å². The molecule has 1 aliphatic heterocycles. The number of hydrogen-bond donors (Lipinski definition) is 2. The highest BCUT2D eigenvalue weighted by molar-refractivity contribution is 8.03. The highest BCUT2D eigenvalue weighted by Crippen LogP contribution is 2.36. The van der Waals surface area contributed by atoms with Crippen molar-refractivity contribution in [3.63, 3.8) is 0 Å². The van der Waals surface area contributed by atoms with Crippen molar-refractivity contribution < 1.29 is 4.79 Å². The van der Waals surface area contributed by atoms with E-state index in [0.29, 0.717) is 0 Å². The van der Waals surface area contributed by atoms with Crippen LogP contribution in [0.25, 0.3) is 0 Å². The number of urea groups is 1. The summed E-state index contributed by atoms with van der Waals surface area (Å²) in [6.07, 6.45) is 0.795. The Balaban J connectivity index is 1.77. The first-order valence-electron chi connectivity index (χ1n) is 7.42. The van der Waals surface area contributed by atoms with Gasteiger partial charge in [-0.25, -0.2) is 4.79 Å². The van der Waals surface area contributed by atoms with E-state index in [1.165, 1.54) is 9.80 Å². The van der Waals surface area contributed by atoms with Crippen LogP contribution < -0.4 is 10.6 Å². The number of nitrogens with one attached hydrogen (secondary N) is 2. The Kier molecular flexibility index (Phi) is 5.31. The van der Waals surface area contributed by atoms with Crippen LogP contribution in [0.1, 0.15) is 13.3 Å². The largest absolute Gasteiger partial charge is 0.325 e. The molecule has 0 bridgehead atoms. The molecule has 0 radical (unpaired) electrons. The van der Waals surface area contributed by atoms with Crippen molar-refractivity contribution in [3.8, 4) is 0 Å². The molecule has 1 atom stereocenters. The van der Waals surface area contributed by atoms with E-state index in [1.54, 1.807) is 23.5 Å². The van der Waals surface area contributed by atoms with Crippen LogP contribution in [0.5, 0.6) is 0 Å². The molecule has 2 amide bonds. The normalized spacial score (nSPS) is 18.1. The van der Waals surface area contributed by atoms with Gasteiger partial charge in [0.25, 0.3) is 0 Å². The molecule has 5 heteroatoms. The zero-order valence-electron chi connectivity index (χ0n) is 12.8. The van der Waals surface area contributed by atoms with Crippen LogP contribution in [-0.2, 0) is 0 Å². The van der Waals surface area contributed by atoms with E-state index in [0.717, 1.165) is 17.0 Å². The van der Waals surface area contributed by atoms with E-state index >= 15 is 0 Å². The fraction of sp³-hybridized carbons (Fsp3) is 0.167. The molecular formula is C18H18N2OS2. The summed E-state index contributed by atoms with van der Waals surface area (Å²) in [6, 6.07) is 20.3. The molecule has 0 aliphatic carbocycles. The molecule has 118 valence electrons. The minimum absolute atomic E-state index is 0.0149. The van der Waals surface area contributed by atoms with Crippen molar-refractivity contribution in [1.82, 2.24) is 10.6 Å². The summed E-state index contributed by atoms with van der Waals surface area (Å²) in [6.45, 7) is 1.96. The summed E-state index contributed by atoms with van der Waals surface area (Å²) in [7, 11) is 0. The van der Waals surface area contributed by atoms with Crippen LogP contribution in [-0.4, -0.2) is 11.4 Å². The maximum absolute atomic E-state index is 12.0. The molecule has 3 nitrogen and oxygen atoms in total. The second kappa shape index (κ2) is 7.62. The number of hydrogen-bond acceptors (Lipinski definition) is 3. The van der Waals surface area contributed by atoms with Crippen molar-refractivity contribution in [1.29, 1.82) is 0 Å². The quantitative estimate of drug-likeness (QED) is 0.836. The highest BCUT2D eigenvalue weighted by Gasteiger charge is 2.22. The molecule has 2 aromatic rings. The van der Waals surface area contributed by atoms with Crippen molar-refractivity contribution in [2.75, 3.05) is 0 Å². The molecule has 0 aromatic heterocycles.